The predicted octanol–water partition coefficient (Wildman–Crippen LogP) is 8.22. The van der Waals surface area contributed by atoms with E-state index in [1.54, 1.807) is 24.5 Å². The van der Waals surface area contributed by atoms with Crippen LogP contribution in [0, 0.1) is 27.7 Å². The smallest absolute Gasteiger partial charge is 0.270 e. The number of hydrogen-bond donors (Lipinski definition) is 6. The summed E-state index contributed by atoms with van der Waals surface area (Å²) in [5, 5.41) is 27.0. The van der Waals surface area contributed by atoms with Crippen LogP contribution < -0.4 is 30.7 Å². The largest absolute Gasteiger partial charge is 0.494 e. The summed E-state index contributed by atoms with van der Waals surface area (Å²) in [6, 6.07) is 28.1. The molecule has 2 amide bonds. The molecule has 2 aromatic carbocycles. The van der Waals surface area contributed by atoms with Gasteiger partial charge in [-0.3, -0.25) is 29.8 Å². The summed E-state index contributed by atoms with van der Waals surface area (Å²) < 4.78 is 11.7. The summed E-state index contributed by atoms with van der Waals surface area (Å²) in [6.45, 7) is 12.7. The molecule has 0 saturated carbocycles. The maximum atomic E-state index is 13.1. The normalized spacial score (nSPS) is 11.0. The van der Waals surface area contributed by atoms with Gasteiger partial charge < -0.3 is 30.7 Å². The first-order chi connectivity index (χ1) is 32.9. The number of anilines is 4. The monoisotopic (exact) mass is 912 g/mol. The van der Waals surface area contributed by atoms with E-state index in [2.05, 4.69) is 71.6 Å². The predicted molar refractivity (Wildman–Crippen MR) is 258 cm³/mol. The quantitative estimate of drug-likeness (QED) is 0.0420. The van der Waals surface area contributed by atoms with Gasteiger partial charge in [-0.1, -0.05) is 24.3 Å². The molecule has 8 aromatic rings. The Morgan fingerprint density at radius 2 is 1.22 bits per heavy atom. The molecule has 0 fully saturated rings. The van der Waals surface area contributed by atoms with Crippen LogP contribution in [-0.2, 0) is 19.5 Å². The molecule has 0 aliphatic carbocycles. The Morgan fingerprint density at radius 1 is 0.618 bits per heavy atom. The molecule has 68 heavy (non-hydrogen) atoms. The zero-order valence-electron chi connectivity index (χ0n) is 38.6. The van der Waals surface area contributed by atoms with Gasteiger partial charge in [0.05, 0.1) is 12.7 Å². The molecule has 0 atom stereocenters. The van der Waals surface area contributed by atoms with Crippen molar-refractivity contribution in [1.29, 1.82) is 0 Å². The van der Waals surface area contributed by atoms with Gasteiger partial charge in [0.1, 0.15) is 34.5 Å². The highest BCUT2D eigenvalue weighted by atomic mass is 16.5. The van der Waals surface area contributed by atoms with Crippen LogP contribution in [0.2, 0.25) is 0 Å². The maximum absolute atomic E-state index is 13.1. The fourth-order valence-electron chi connectivity index (χ4n) is 7.07. The summed E-state index contributed by atoms with van der Waals surface area (Å²) in [5.41, 5.74) is 7.97. The van der Waals surface area contributed by atoms with Crippen LogP contribution in [-0.4, -0.2) is 74.8 Å². The first-order valence-electron chi connectivity index (χ1n) is 22.2. The maximum Gasteiger partial charge on any atom is 0.270 e. The second kappa shape index (κ2) is 21.2. The number of aromatic nitrogens is 10. The van der Waals surface area contributed by atoms with Crippen LogP contribution >= 0.6 is 0 Å². The molecule has 6 N–H and O–H groups in total. The standard InChI is InChI=1S/C50H52N14O4/c1-29(2)68-40-16-11-35(12-17-40)25-53-49(65)41-18-13-36(27-51-41)47-55-31(4)21-43(59-47)58-45-24-38(62-64-45)8-7-19-67-39-14-9-34(10-15-39)26-54-50(66)46-30(3)20-37(28-52-46)48-56-32(5)22-42(60-48)57-44-23-33(6)61-63-44/h9-18,20-24,27-29H,7-8,19,25-26H2,1-6H3,(H,53,65)(H,54,66)(H2,55,58,59,62,64)(H2,56,57,60,61,63). The molecule has 0 bridgehead atoms. The van der Waals surface area contributed by atoms with Crippen molar-refractivity contribution in [2.75, 3.05) is 17.2 Å². The van der Waals surface area contributed by atoms with Crippen molar-refractivity contribution in [2.24, 2.45) is 0 Å². The van der Waals surface area contributed by atoms with E-state index in [1.165, 1.54) is 0 Å². The molecule has 0 spiro atoms. The van der Waals surface area contributed by atoms with E-state index in [9.17, 15) is 9.59 Å². The second-order valence-corrected chi connectivity index (χ2v) is 16.5. The van der Waals surface area contributed by atoms with Gasteiger partial charge in [-0.05, 0) is 114 Å². The summed E-state index contributed by atoms with van der Waals surface area (Å²) >= 11 is 0. The lowest BCUT2D eigenvalue weighted by Gasteiger charge is -2.11. The molecule has 0 aliphatic heterocycles. The van der Waals surface area contributed by atoms with Crippen LogP contribution in [0.25, 0.3) is 22.8 Å². The lowest BCUT2D eigenvalue weighted by Crippen LogP contribution is -2.24. The molecule has 18 nitrogen and oxygen atoms in total. The number of pyridine rings is 2. The second-order valence-electron chi connectivity index (χ2n) is 16.5. The van der Waals surface area contributed by atoms with Gasteiger partial charge in [0.15, 0.2) is 23.3 Å². The third-order valence-corrected chi connectivity index (χ3v) is 10.3. The summed E-state index contributed by atoms with van der Waals surface area (Å²) in [6.07, 6.45) is 4.77. The minimum Gasteiger partial charge on any atom is -0.494 e. The average Bonchev–Trinajstić information content (AvgIpc) is 3.96. The summed E-state index contributed by atoms with van der Waals surface area (Å²) in [7, 11) is 0. The van der Waals surface area contributed by atoms with Gasteiger partial charge in [0.25, 0.3) is 11.8 Å². The third-order valence-electron chi connectivity index (χ3n) is 10.3. The van der Waals surface area contributed by atoms with E-state index in [0.29, 0.717) is 89.1 Å². The number of aryl methyl sites for hydroxylation is 5. The van der Waals surface area contributed by atoms with E-state index in [0.717, 1.165) is 51.8 Å². The van der Waals surface area contributed by atoms with Crippen molar-refractivity contribution < 1.29 is 19.1 Å². The van der Waals surface area contributed by atoms with Crippen molar-refractivity contribution >= 4 is 35.1 Å². The minimum atomic E-state index is -0.282. The number of aromatic amines is 2. The number of benzene rings is 2. The zero-order valence-corrected chi connectivity index (χ0v) is 38.6. The van der Waals surface area contributed by atoms with Gasteiger partial charge in [0, 0.05) is 83.7 Å². The van der Waals surface area contributed by atoms with Gasteiger partial charge >= 0.3 is 0 Å². The van der Waals surface area contributed by atoms with Crippen molar-refractivity contribution in [3.63, 3.8) is 0 Å². The van der Waals surface area contributed by atoms with Gasteiger partial charge in [-0.25, -0.2) is 19.9 Å². The van der Waals surface area contributed by atoms with E-state index in [4.69, 9.17) is 9.47 Å². The molecule has 0 radical (unpaired) electrons. The number of nitrogens with zero attached hydrogens (tertiary/aromatic N) is 8. The Morgan fingerprint density at radius 3 is 1.82 bits per heavy atom. The van der Waals surface area contributed by atoms with E-state index >= 15 is 0 Å². The molecule has 0 unspecified atom stereocenters. The first kappa shape index (κ1) is 46.0. The Balaban J connectivity index is 0.762. The molecular formula is C50H52N14O4. The molecular weight excluding hydrogens is 861 g/mol. The lowest BCUT2D eigenvalue weighted by molar-refractivity contribution is 0.0937. The molecule has 346 valence electrons. The number of nitrogens with one attached hydrogen (secondary N) is 6. The van der Waals surface area contributed by atoms with Gasteiger partial charge in [-0.15, -0.1) is 0 Å². The van der Waals surface area contributed by atoms with Crippen molar-refractivity contribution in [1.82, 2.24) is 60.9 Å². The molecule has 6 aromatic heterocycles. The van der Waals surface area contributed by atoms with E-state index in [-0.39, 0.29) is 17.9 Å². The number of ether oxygens (including phenoxy) is 2. The number of H-pyrrole nitrogens is 2. The fraction of sp³-hybridized carbons (Fsp3) is 0.240. The Kier molecular flexibility index (Phi) is 14.3. The van der Waals surface area contributed by atoms with E-state index < -0.39 is 0 Å². The minimum absolute atomic E-state index is 0.0914. The van der Waals surface area contributed by atoms with Crippen LogP contribution in [0.5, 0.6) is 11.5 Å². The molecule has 6 heterocycles. The number of amides is 2. The molecule has 0 saturated heterocycles. The SMILES string of the molecule is Cc1cc(Nc2cc(C)[nH]n2)nc(-c2cnc(C(=O)NCc3ccc(OCCCc4cc(Nc5cc(C)nc(-c6ccc(C(=O)NCc7ccc(OC(C)C)cc7)nc6)n5)n[nH]4)cc3)c(C)c2)n1. The Hall–Kier alpha value is -8.54. The van der Waals surface area contributed by atoms with Crippen molar-refractivity contribution in [3.05, 3.63) is 154 Å². The highest BCUT2D eigenvalue weighted by Gasteiger charge is 2.16. The van der Waals surface area contributed by atoms with Gasteiger partial charge in [-0.2, -0.15) is 10.2 Å². The molecule has 0 aliphatic rings. The summed E-state index contributed by atoms with van der Waals surface area (Å²) in [5.74, 6) is 4.37. The topological polar surface area (TPSA) is 235 Å². The Bertz CT molecular complexity index is 3000. The lowest BCUT2D eigenvalue weighted by atomic mass is 10.1. The fourth-order valence-corrected chi connectivity index (χ4v) is 7.07. The average molecular weight is 913 g/mol. The Labute approximate surface area is 393 Å². The molecule has 18 heteroatoms. The van der Waals surface area contributed by atoms with Crippen LogP contribution in [0.1, 0.15) is 80.7 Å². The number of rotatable bonds is 19. The van der Waals surface area contributed by atoms with Crippen LogP contribution in [0.4, 0.5) is 23.3 Å². The number of carbonyl (C=O) groups is 2. The summed E-state index contributed by atoms with van der Waals surface area (Å²) in [4.78, 5) is 53.3. The van der Waals surface area contributed by atoms with Crippen LogP contribution in [0.15, 0.2) is 103 Å². The number of carbonyl (C=O) groups excluding carboxylic acids is 2. The highest BCUT2D eigenvalue weighted by molar-refractivity contribution is 5.94. The first-order valence-corrected chi connectivity index (χ1v) is 22.2. The zero-order chi connectivity index (χ0) is 47.6. The van der Waals surface area contributed by atoms with Crippen molar-refractivity contribution in [3.8, 4) is 34.3 Å². The van der Waals surface area contributed by atoms with Crippen molar-refractivity contribution in [2.45, 2.75) is 73.6 Å². The third kappa shape index (κ3) is 12.4. The van der Waals surface area contributed by atoms with E-state index in [1.807, 2.05) is 120 Å². The van der Waals surface area contributed by atoms with Crippen LogP contribution in [0.3, 0.4) is 0 Å². The van der Waals surface area contributed by atoms with Gasteiger partial charge in [0.2, 0.25) is 0 Å². The molecule has 8 rings (SSSR count). The number of hydrogen-bond acceptors (Lipinski definition) is 14. The highest BCUT2D eigenvalue weighted by Crippen LogP contribution is 2.24.